The van der Waals surface area contributed by atoms with E-state index in [9.17, 15) is 4.79 Å². The molecule has 126 valence electrons. The number of aromatic nitrogens is 2. The number of carbonyl (C=O) groups is 1. The van der Waals surface area contributed by atoms with E-state index in [-0.39, 0.29) is 18.3 Å². The molecule has 1 aliphatic heterocycles. The van der Waals surface area contributed by atoms with Crippen molar-refractivity contribution < 1.29 is 4.79 Å². The first-order valence-electron chi connectivity index (χ1n) is 8.24. The van der Waals surface area contributed by atoms with Gasteiger partial charge in [0, 0.05) is 18.7 Å². The molecule has 6 heteroatoms. The quantitative estimate of drug-likeness (QED) is 0.900. The summed E-state index contributed by atoms with van der Waals surface area (Å²) in [5.41, 5.74) is 8.75. The molecule has 3 N–H and O–H groups in total. The van der Waals surface area contributed by atoms with Crippen LogP contribution >= 0.6 is 12.4 Å². The van der Waals surface area contributed by atoms with Crippen LogP contribution in [0.5, 0.6) is 0 Å². The Morgan fingerprint density at radius 2 is 2.22 bits per heavy atom. The molecule has 2 aromatic rings. The summed E-state index contributed by atoms with van der Waals surface area (Å²) in [5, 5.41) is 2.90. The average molecular weight is 337 g/mol. The van der Waals surface area contributed by atoms with Crippen molar-refractivity contribution >= 4 is 35.0 Å². The van der Waals surface area contributed by atoms with Gasteiger partial charge in [0.1, 0.15) is 5.82 Å². The second kappa shape index (κ2) is 7.79. The van der Waals surface area contributed by atoms with Gasteiger partial charge in [0.05, 0.1) is 17.1 Å². The van der Waals surface area contributed by atoms with E-state index in [2.05, 4.69) is 16.0 Å². The standard InChI is InChI=1S/C17H24N4O.ClH/c1-2-6-13(18)17(22)19-12-8-9-15-14(11-12)20-16-7-4-3-5-10-21(15)16;/h8-9,11,13H,2-7,10,18H2,1H3,(H,19,22);1H. The predicted octanol–water partition coefficient (Wildman–Crippen LogP) is 3.25. The zero-order valence-corrected chi connectivity index (χ0v) is 14.4. The normalized spacial score (nSPS) is 15.4. The maximum atomic E-state index is 12.0. The molecular weight excluding hydrogens is 312 g/mol. The Balaban J connectivity index is 0.00000192. The van der Waals surface area contributed by atoms with Crippen molar-refractivity contribution in [3.05, 3.63) is 24.0 Å². The van der Waals surface area contributed by atoms with Crippen LogP contribution in [0.3, 0.4) is 0 Å². The number of hydrogen-bond donors (Lipinski definition) is 2. The molecule has 1 amide bonds. The van der Waals surface area contributed by atoms with Gasteiger partial charge in [-0.3, -0.25) is 4.79 Å². The van der Waals surface area contributed by atoms with Gasteiger partial charge in [-0.1, -0.05) is 19.8 Å². The highest BCUT2D eigenvalue weighted by molar-refractivity contribution is 5.96. The van der Waals surface area contributed by atoms with E-state index in [0.717, 1.165) is 36.1 Å². The summed E-state index contributed by atoms with van der Waals surface area (Å²) in [6.07, 6.45) is 6.34. The lowest BCUT2D eigenvalue weighted by Gasteiger charge is -2.11. The number of nitrogens with one attached hydrogen (secondary N) is 1. The summed E-state index contributed by atoms with van der Waals surface area (Å²) in [6.45, 7) is 3.07. The molecule has 0 spiro atoms. The van der Waals surface area contributed by atoms with E-state index in [4.69, 9.17) is 10.7 Å². The number of rotatable bonds is 4. The van der Waals surface area contributed by atoms with Crippen LogP contribution in [0, 0.1) is 0 Å². The molecule has 1 aliphatic rings. The highest BCUT2D eigenvalue weighted by Crippen LogP contribution is 2.24. The van der Waals surface area contributed by atoms with Crippen LogP contribution < -0.4 is 11.1 Å². The van der Waals surface area contributed by atoms with E-state index in [0.29, 0.717) is 6.42 Å². The molecule has 5 nitrogen and oxygen atoms in total. The molecule has 1 aromatic carbocycles. The smallest absolute Gasteiger partial charge is 0.241 e. The largest absolute Gasteiger partial charge is 0.328 e. The summed E-state index contributed by atoms with van der Waals surface area (Å²) < 4.78 is 2.32. The number of halogens is 1. The van der Waals surface area contributed by atoms with Gasteiger partial charge < -0.3 is 15.6 Å². The highest BCUT2D eigenvalue weighted by Gasteiger charge is 2.15. The SMILES string of the molecule is CCCC(N)C(=O)Nc1ccc2c(c1)nc1n2CCCCC1.Cl. The second-order valence-electron chi connectivity index (χ2n) is 6.08. The summed E-state index contributed by atoms with van der Waals surface area (Å²) in [6, 6.07) is 5.50. The van der Waals surface area contributed by atoms with Crippen LogP contribution in [0.15, 0.2) is 18.2 Å². The summed E-state index contributed by atoms with van der Waals surface area (Å²) in [5.74, 6) is 1.04. The third-order valence-corrected chi connectivity index (χ3v) is 4.31. The van der Waals surface area contributed by atoms with Crippen LogP contribution in [0.2, 0.25) is 0 Å². The fraction of sp³-hybridized carbons (Fsp3) is 0.529. The zero-order chi connectivity index (χ0) is 15.5. The highest BCUT2D eigenvalue weighted by atomic mass is 35.5. The van der Waals surface area contributed by atoms with Crippen molar-refractivity contribution in [3.8, 4) is 0 Å². The van der Waals surface area contributed by atoms with E-state index < -0.39 is 6.04 Å². The molecule has 2 heterocycles. The summed E-state index contributed by atoms with van der Waals surface area (Å²) in [7, 11) is 0. The summed E-state index contributed by atoms with van der Waals surface area (Å²) in [4.78, 5) is 16.8. The number of amides is 1. The molecule has 1 aromatic heterocycles. The lowest BCUT2D eigenvalue weighted by Crippen LogP contribution is -2.35. The number of fused-ring (bicyclic) bond motifs is 3. The number of nitrogens with zero attached hydrogens (tertiary/aromatic N) is 2. The van der Waals surface area contributed by atoms with Crippen LogP contribution in [-0.4, -0.2) is 21.5 Å². The number of aryl methyl sites for hydroxylation is 2. The van der Waals surface area contributed by atoms with Crippen molar-refractivity contribution in [1.29, 1.82) is 0 Å². The number of anilines is 1. The van der Waals surface area contributed by atoms with Gasteiger partial charge in [-0.2, -0.15) is 0 Å². The fourth-order valence-electron chi connectivity index (χ4n) is 3.10. The van der Waals surface area contributed by atoms with Gasteiger partial charge in [-0.25, -0.2) is 4.98 Å². The number of imidazole rings is 1. The van der Waals surface area contributed by atoms with Crippen LogP contribution in [0.1, 0.15) is 44.9 Å². The lowest BCUT2D eigenvalue weighted by atomic mass is 10.1. The number of carbonyl (C=O) groups excluding carboxylic acids is 1. The van der Waals surface area contributed by atoms with Crippen molar-refractivity contribution in [2.45, 2.75) is 58.0 Å². The Hall–Kier alpha value is -1.59. The van der Waals surface area contributed by atoms with Gasteiger partial charge in [-0.05, 0) is 37.5 Å². The Morgan fingerprint density at radius 1 is 1.39 bits per heavy atom. The third-order valence-electron chi connectivity index (χ3n) is 4.31. The molecule has 1 unspecified atom stereocenters. The van der Waals surface area contributed by atoms with Crippen molar-refractivity contribution in [2.24, 2.45) is 5.73 Å². The van der Waals surface area contributed by atoms with Crippen LogP contribution in [-0.2, 0) is 17.8 Å². The van der Waals surface area contributed by atoms with Gasteiger partial charge in [0.2, 0.25) is 5.91 Å². The molecule has 0 fully saturated rings. The van der Waals surface area contributed by atoms with Crippen molar-refractivity contribution in [2.75, 3.05) is 5.32 Å². The maximum Gasteiger partial charge on any atom is 0.241 e. The van der Waals surface area contributed by atoms with E-state index in [1.165, 1.54) is 25.1 Å². The molecule has 0 aliphatic carbocycles. The summed E-state index contributed by atoms with van der Waals surface area (Å²) >= 11 is 0. The molecule has 23 heavy (non-hydrogen) atoms. The molecule has 0 saturated heterocycles. The van der Waals surface area contributed by atoms with Gasteiger partial charge in [0.25, 0.3) is 0 Å². The average Bonchev–Trinajstić information content (AvgIpc) is 2.68. The molecule has 0 radical (unpaired) electrons. The maximum absolute atomic E-state index is 12.0. The first-order chi connectivity index (χ1) is 10.7. The topological polar surface area (TPSA) is 72.9 Å². The van der Waals surface area contributed by atoms with Gasteiger partial charge in [-0.15, -0.1) is 12.4 Å². The monoisotopic (exact) mass is 336 g/mol. The first kappa shape index (κ1) is 17.8. The van der Waals surface area contributed by atoms with Crippen molar-refractivity contribution in [1.82, 2.24) is 9.55 Å². The van der Waals surface area contributed by atoms with Crippen LogP contribution in [0.4, 0.5) is 5.69 Å². The molecule has 0 bridgehead atoms. The van der Waals surface area contributed by atoms with Gasteiger partial charge in [0.15, 0.2) is 0 Å². The van der Waals surface area contributed by atoms with E-state index >= 15 is 0 Å². The number of nitrogens with two attached hydrogens (primary N) is 1. The zero-order valence-electron chi connectivity index (χ0n) is 13.5. The first-order valence-corrected chi connectivity index (χ1v) is 8.24. The minimum absolute atomic E-state index is 0. The predicted molar refractivity (Wildman–Crippen MR) is 96.0 cm³/mol. The third kappa shape index (κ3) is 3.85. The van der Waals surface area contributed by atoms with E-state index in [1.54, 1.807) is 0 Å². The number of hydrogen-bond acceptors (Lipinski definition) is 3. The van der Waals surface area contributed by atoms with E-state index in [1.807, 2.05) is 19.1 Å². The van der Waals surface area contributed by atoms with Crippen molar-refractivity contribution in [3.63, 3.8) is 0 Å². The Bertz CT molecular complexity index is 683. The molecular formula is C17H25ClN4O. The molecule has 3 rings (SSSR count). The second-order valence-corrected chi connectivity index (χ2v) is 6.08. The Kier molecular flexibility index (Phi) is 6.02. The Labute approximate surface area is 143 Å². The Morgan fingerprint density at radius 3 is 3.00 bits per heavy atom. The molecule has 0 saturated carbocycles. The fourth-order valence-corrected chi connectivity index (χ4v) is 3.10. The van der Waals surface area contributed by atoms with Crippen LogP contribution in [0.25, 0.3) is 11.0 Å². The number of benzene rings is 1. The minimum atomic E-state index is -0.445. The van der Waals surface area contributed by atoms with Gasteiger partial charge >= 0.3 is 0 Å². The lowest BCUT2D eigenvalue weighted by molar-refractivity contribution is -0.117. The minimum Gasteiger partial charge on any atom is -0.328 e. The molecule has 1 atom stereocenters.